The smallest absolute Gasteiger partial charge is 0.452 e. The first-order valence-electron chi connectivity index (χ1n) is 9.25. The van der Waals surface area contributed by atoms with Crippen molar-refractivity contribution in [2.24, 2.45) is 0 Å². The van der Waals surface area contributed by atoms with E-state index >= 15 is 0 Å². The van der Waals surface area contributed by atoms with Gasteiger partial charge in [-0.25, -0.2) is 14.2 Å². The molecule has 2 N–H and O–H groups in total. The van der Waals surface area contributed by atoms with Crippen molar-refractivity contribution in [2.75, 3.05) is 13.2 Å². The second kappa shape index (κ2) is 20.8. The van der Waals surface area contributed by atoms with Gasteiger partial charge in [-0.15, -0.1) is 6.42 Å². The van der Waals surface area contributed by atoms with Gasteiger partial charge in [0.25, 0.3) is 0 Å². The molecule has 0 aliphatic heterocycles. The zero-order valence-corrected chi connectivity index (χ0v) is 19.8. The Morgan fingerprint density at radius 1 is 0.703 bits per heavy atom. The normalized spacial score (nSPS) is 7.84. The van der Waals surface area contributed by atoms with Crippen LogP contribution in [0.1, 0.15) is 6.92 Å². The van der Waals surface area contributed by atoms with E-state index in [0.717, 1.165) is 0 Å². The quantitative estimate of drug-likeness (QED) is 0.209. The fourth-order valence-corrected chi connectivity index (χ4v) is 1.71. The molecule has 1 atom stereocenters. The van der Waals surface area contributed by atoms with Crippen LogP contribution in [0.2, 0.25) is 0 Å². The van der Waals surface area contributed by atoms with Crippen molar-refractivity contribution in [3.05, 3.63) is 0 Å². The zero-order chi connectivity index (χ0) is 27.6. The number of terminal acetylenes is 1. The highest BCUT2D eigenvalue weighted by molar-refractivity contribution is 7.46. The third-order valence-corrected chi connectivity index (χ3v) is 3.05. The minimum Gasteiger partial charge on any atom is -0.452 e. The molecule has 0 rings (SSSR count). The first kappa shape index (κ1) is 31.2. The molecule has 0 aliphatic rings. The summed E-state index contributed by atoms with van der Waals surface area (Å²) in [6, 6.07) is 0. The SMILES string of the molecule is C#CC#CC#CC#CC#CC#CC#CC(=O)O[C@H](COC(=O)C#CC#CC#CC#CC)COP(=O)(O)O. The van der Waals surface area contributed by atoms with Gasteiger partial charge in [0.2, 0.25) is 0 Å². The number of carbonyl (C=O) groups is 2. The zero-order valence-electron chi connectivity index (χ0n) is 18.9. The van der Waals surface area contributed by atoms with Crippen LogP contribution >= 0.6 is 7.82 Å². The average molecular weight is 506 g/mol. The summed E-state index contributed by atoms with van der Waals surface area (Å²) >= 11 is 0. The summed E-state index contributed by atoms with van der Waals surface area (Å²) in [4.78, 5) is 41.1. The maximum Gasteiger partial charge on any atom is 0.469 e. The maximum atomic E-state index is 11.8. The summed E-state index contributed by atoms with van der Waals surface area (Å²) in [5.74, 6) is 45.9. The van der Waals surface area contributed by atoms with Gasteiger partial charge in [0, 0.05) is 11.8 Å². The predicted molar refractivity (Wildman–Crippen MR) is 131 cm³/mol. The molecule has 0 fully saturated rings. The van der Waals surface area contributed by atoms with E-state index in [1.165, 1.54) is 0 Å². The molecule has 0 aromatic carbocycles. The van der Waals surface area contributed by atoms with Crippen LogP contribution in [0, 0.1) is 131 Å². The van der Waals surface area contributed by atoms with Crippen LogP contribution in [0.25, 0.3) is 0 Å². The molecule has 0 radical (unpaired) electrons. The molecule has 8 nitrogen and oxygen atoms in total. The minimum atomic E-state index is -4.90. The molecule has 176 valence electrons. The molecule has 0 heterocycles. The third-order valence-electron chi connectivity index (χ3n) is 2.57. The van der Waals surface area contributed by atoms with E-state index in [-0.39, 0.29) is 0 Å². The molecule has 0 unspecified atom stereocenters. The fraction of sp³-hybridized carbons (Fsp3) is 0.143. The van der Waals surface area contributed by atoms with E-state index in [0.29, 0.717) is 0 Å². The molecular formula is C28H11O8P. The third kappa shape index (κ3) is 23.2. The summed E-state index contributed by atoms with van der Waals surface area (Å²) in [6.45, 7) is 0.148. The first-order valence-corrected chi connectivity index (χ1v) is 10.8. The fourth-order valence-electron chi connectivity index (χ4n) is 1.35. The van der Waals surface area contributed by atoms with E-state index in [4.69, 9.17) is 25.7 Å². The molecular weight excluding hydrogens is 495 g/mol. The van der Waals surface area contributed by atoms with Gasteiger partial charge >= 0.3 is 19.8 Å². The first-order chi connectivity index (χ1) is 17.8. The number of phosphoric acid groups is 1. The van der Waals surface area contributed by atoms with Crippen molar-refractivity contribution in [1.29, 1.82) is 0 Å². The largest absolute Gasteiger partial charge is 0.469 e. The van der Waals surface area contributed by atoms with Crippen molar-refractivity contribution in [3.63, 3.8) is 0 Å². The molecule has 0 bridgehead atoms. The van der Waals surface area contributed by atoms with Gasteiger partial charge < -0.3 is 19.3 Å². The van der Waals surface area contributed by atoms with Gasteiger partial charge in [0.15, 0.2) is 6.10 Å². The Bertz CT molecular complexity index is 1620. The summed E-state index contributed by atoms with van der Waals surface area (Å²) < 4.78 is 24.8. The minimum absolute atomic E-state index is 0.646. The van der Waals surface area contributed by atoms with E-state index in [1.807, 2.05) is 11.8 Å². The number of esters is 2. The van der Waals surface area contributed by atoms with E-state index in [2.05, 4.69) is 117 Å². The van der Waals surface area contributed by atoms with Crippen LogP contribution < -0.4 is 0 Å². The average Bonchev–Trinajstić information content (AvgIpc) is 2.85. The summed E-state index contributed by atoms with van der Waals surface area (Å²) in [7, 11) is -4.90. The van der Waals surface area contributed by atoms with Gasteiger partial charge in [-0.1, -0.05) is 5.92 Å². The van der Waals surface area contributed by atoms with Crippen LogP contribution in [-0.2, 0) is 28.2 Å². The van der Waals surface area contributed by atoms with Crippen molar-refractivity contribution in [3.8, 4) is 131 Å². The summed E-state index contributed by atoms with van der Waals surface area (Å²) in [6.07, 6.45) is 3.49. The van der Waals surface area contributed by atoms with Crippen LogP contribution in [0.5, 0.6) is 0 Å². The van der Waals surface area contributed by atoms with Gasteiger partial charge in [0.1, 0.15) is 6.61 Å². The Kier molecular flexibility index (Phi) is 17.5. The van der Waals surface area contributed by atoms with Crippen LogP contribution in [0.15, 0.2) is 0 Å². The highest BCUT2D eigenvalue weighted by atomic mass is 31.2. The van der Waals surface area contributed by atoms with E-state index < -0.39 is 39.1 Å². The van der Waals surface area contributed by atoms with E-state index in [1.54, 1.807) is 6.92 Å². The molecule has 37 heavy (non-hydrogen) atoms. The Labute approximate surface area is 214 Å². The van der Waals surface area contributed by atoms with Gasteiger partial charge in [-0.05, 0) is 113 Å². The number of hydrogen-bond acceptors (Lipinski definition) is 6. The van der Waals surface area contributed by atoms with Crippen LogP contribution in [0.3, 0.4) is 0 Å². The molecule has 0 aromatic heterocycles. The number of hydrogen-bond donors (Lipinski definition) is 2. The molecule has 0 spiro atoms. The van der Waals surface area contributed by atoms with Crippen molar-refractivity contribution >= 4 is 19.8 Å². The Morgan fingerprint density at radius 2 is 1.14 bits per heavy atom. The molecule has 0 aliphatic carbocycles. The lowest BCUT2D eigenvalue weighted by Crippen LogP contribution is -2.28. The topological polar surface area (TPSA) is 119 Å². The van der Waals surface area contributed by atoms with Gasteiger partial charge in [-0.3, -0.25) is 4.52 Å². The lowest BCUT2D eigenvalue weighted by molar-refractivity contribution is -0.153. The number of ether oxygens (including phenoxy) is 2. The lowest BCUT2D eigenvalue weighted by atomic mass is 10.4. The number of phosphoric ester groups is 1. The van der Waals surface area contributed by atoms with Gasteiger partial charge in [-0.2, -0.15) is 0 Å². The highest BCUT2D eigenvalue weighted by Gasteiger charge is 2.22. The lowest BCUT2D eigenvalue weighted by Gasteiger charge is -2.16. The monoisotopic (exact) mass is 506 g/mol. The van der Waals surface area contributed by atoms with Crippen molar-refractivity contribution in [2.45, 2.75) is 13.0 Å². The molecule has 9 heteroatoms. The molecule has 0 aromatic rings. The second-order valence-corrected chi connectivity index (χ2v) is 6.42. The molecule has 0 amide bonds. The van der Waals surface area contributed by atoms with Gasteiger partial charge in [0.05, 0.1) is 6.61 Å². The van der Waals surface area contributed by atoms with Crippen molar-refractivity contribution < 1.29 is 37.9 Å². The maximum absolute atomic E-state index is 11.8. The standard InChI is InChI=1S/C28H11O8P/c1-3-5-7-9-11-12-13-14-15-17-19-21-23-28(30)36-26(25-35-37(31,32)33)24-34-27(29)22-20-18-16-10-8-6-4-2/h1,26H,24-25H2,2H3,(H2,31,32,33)/t26-/m1/s1. The predicted octanol–water partition coefficient (Wildman–Crippen LogP) is -0.762. The Morgan fingerprint density at radius 3 is 1.59 bits per heavy atom. The van der Waals surface area contributed by atoms with Crippen LogP contribution in [0.4, 0.5) is 0 Å². The summed E-state index contributed by atoms with van der Waals surface area (Å²) in [5.41, 5.74) is 0. The van der Waals surface area contributed by atoms with Crippen molar-refractivity contribution in [1.82, 2.24) is 0 Å². The Hall–Kier alpha value is -5.79. The molecule has 0 saturated carbocycles. The van der Waals surface area contributed by atoms with Crippen LogP contribution in [-0.4, -0.2) is 41.0 Å². The molecule has 0 saturated heterocycles. The number of rotatable bonds is 6. The second-order valence-electron chi connectivity index (χ2n) is 5.18. The highest BCUT2D eigenvalue weighted by Crippen LogP contribution is 2.35. The van der Waals surface area contributed by atoms with E-state index in [9.17, 15) is 14.2 Å². The number of carbonyl (C=O) groups excluding carboxylic acids is 2. The Balaban J connectivity index is 5.01. The summed E-state index contributed by atoms with van der Waals surface area (Å²) in [5, 5.41) is 0.